The van der Waals surface area contributed by atoms with E-state index < -0.39 is 0 Å². The number of benzene rings is 2. The van der Waals surface area contributed by atoms with Gasteiger partial charge < -0.3 is 14.6 Å². The van der Waals surface area contributed by atoms with Crippen molar-refractivity contribution in [3.63, 3.8) is 0 Å². The molecule has 0 spiro atoms. The molecule has 30 heavy (non-hydrogen) atoms. The van der Waals surface area contributed by atoms with Crippen molar-refractivity contribution in [2.24, 2.45) is 5.10 Å². The summed E-state index contributed by atoms with van der Waals surface area (Å²) in [6.45, 7) is 8.70. The summed E-state index contributed by atoms with van der Waals surface area (Å²) >= 11 is 1.38. The standard InChI is InChI=1S/C22H27N5O2S/c1-4-26(5-2)17-12-11-16(20(28)13-17)14-23-25-21(29)15-30-22-24-18-9-7-8-10-19(18)27(22)6-3/h7-14,28H,4-6,15H2,1-3H3,(H,25,29)/b23-14-. The molecule has 0 radical (unpaired) electrons. The summed E-state index contributed by atoms with van der Waals surface area (Å²) < 4.78 is 2.09. The molecule has 1 amide bonds. The lowest BCUT2D eigenvalue weighted by atomic mass is 10.2. The van der Waals surface area contributed by atoms with Gasteiger partial charge in [-0.3, -0.25) is 4.79 Å². The van der Waals surface area contributed by atoms with Crippen LogP contribution in [-0.2, 0) is 11.3 Å². The number of aryl methyl sites for hydroxylation is 1. The number of carbonyl (C=O) groups excluding carboxylic acids is 1. The van der Waals surface area contributed by atoms with E-state index in [0.29, 0.717) is 5.56 Å². The Morgan fingerprint density at radius 3 is 2.70 bits per heavy atom. The second-order valence-corrected chi connectivity index (χ2v) is 7.57. The quantitative estimate of drug-likeness (QED) is 0.309. The van der Waals surface area contributed by atoms with Gasteiger partial charge in [0.25, 0.3) is 5.91 Å². The van der Waals surface area contributed by atoms with Crippen molar-refractivity contribution in [1.82, 2.24) is 15.0 Å². The van der Waals surface area contributed by atoms with E-state index in [9.17, 15) is 9.90 Å². The predicted molar refractivity (Wildman–Crippen MR) is 124 cm³/mol. The minimum atomic E-state index is -0.231. The average Bonchev–Trinajstić information content (AvgIpc) is 3.12. The third kappa shape index (κ3) is 4.94. The molecule has 3 rings (SSSR count). The topological polar surface area (TPSA) is 82.8 Å². The molecule has 7 nitrogen and oxygen atoms in total. The summed E-state index contributed by atoms with van der Waals surface area (Å²) in [4.78, 5) is 18.9. The number of nitrogens with one attached hydrogen (secondary N) is 1. The zero-order valence-electron chi connectivity index (χ0n) is 17.5. The highest BCUT2D eigenvalue weighted by atomic mass is 32.2. The van der Waals surface area contributed by atoms with Gasteiger partial charge in [-0.05, 0) is 45.0 Å². The minimum Gasteiger partial charge on any atom is -0.507 e. The minimum absolute atomic E-state index is 0.128. The zero-order chi connectivity index (χ0) is 21.5. The molecule has 0 aliphatic carbocycles. The van der Waals surface area contributed by atoms with E-state index in [1.807, 2.05) is 30.3 Å². The number of phenolic OH excluding ortho intramolecular Hbond substituents is 1. The van der Waals surface area contributed by atoms with Crippen molar-refractivity contribution >= 4 is 40.6 Å². The number of hydrazone groups is 1. The molecular weight excluding hydrogens is 398 g/mol. The summed E-state index contributed by atoms with van der Waals surface area (Å²) in [7, 11) is 0. The average molecular weight is 426 g/mol. The summed E-state index contributed by atoms with van der Waals surface area (Å²) in [6.07, 6.45) is 1.45. The molecule has 0 aliphatic heterocycles. The second-order valence-electron chi connectivity index (χ2n) is 6.62. The van der Waals surface area contributed by atoms with E-state index in [1.54, 1.807) is 12.1 Å². The number of nitrogens with zero attached hydrogens (tertiary/aromatic N) is 4. The van der Waals surface area contributed by atoms with Crippen LogP contribution >= 0.6 is 11.8 Å². The van der Waals surface area contributed by atoms with E-state index in [0.717, 1.165) is 41.5 Å². The number of fused-ring (bicyclic) bond motifs is 1. The fourth-order valence-corrected chi connectivity index (χ4v) is 4.10. The summed E-state index contributed by atoms with van der Waals surface area (Å²) in [5.41, 5.74) is 5.99. The number of anilines is 1. The summed E-state index contributed by atoms with van der Waals surface area (Å²) in [5.74, 6) is 0.0988. The molecule has 0 atom stereocenters. The van der Waals surface area contributed by atoms with Crippen LogP contribution in [0, 0.1) is 0 Å². The van der Waals surface area contributed by atoms with E-state index in [-0.39, 0.29) is 17.4 Å². The predicted octanol–water partition coefficient (Wildman–Crippen LogP) is 3.85. The summed E-state index contributed by atoms with van der Waals surface area (Å²) in [5, 5.41) is 15.0. The number of carbonyl (C=O) groups is 1. The molecule has 8 heteroatoms. The Balaban J connectivity index is 1.58. The van der Waals surface area contributed by atoms with Crippen LogP contribution < -0.4 is 10.3 Å². The van der Waals surface area contributed by atoms with Crippen molar-refractivity contribution in [2.75, 3.05) is 23.7 Å². The van der Waals surface area contributed by atoms with Crippen LogP contribution in [0.3, 0.4) is 0 Å². The van der Waals surface area contributed by atoms with Gasteiger partial charge in [0.05, 0.1) is 23.0 Å². The van der Waals surface area contributed by atoms with E-state index >= 15 is 0 Å². The van der Waals surface area contributed by atoms with E-state index in [1.165, 1.54) is 18.0 Å². The first kappa shape index (κ1) is 21.7. The van der Waals surface area contributed by atoms with Crippen molar-refractivity contribution in [1.29, 1.82) is 0 Å². The van der Waals surface area contributed by atoms with Gasteiger partial charge in [-0.2, -0.15) is 5.10 Å². The number of imidazole rings is 1. The Morgan fingerprint density at radius 2 is 2.00 bits per heavy atom. The lowest BCUT2D eigenvalue weighted by Crippen LogP contribution is -2.21. The molecule has 0 saturated carbocycles. The first-order valence-electron chi connectivity index (χ1n) is 10.0. The molecule has 0 bridgehead atoms. The van der Waals surface area contributed by atoms with Crippen molar-refractivity contribution < 1.29 is 9.90 Å². The smallest absolute Gasteiger partial charge is 0.250 e. The SMILES string of the molecule is CCN(CC)c1ccc(/C=N\NC(=O)CSc2nc3ccccc3n2CC)c(O)c1. The van der Waals surface area contributed by atoms with Gasteiger partial charge in [0, 0.05) is 37.0 Å². The van der Waals surface area contributed by atoms with Crippen molar-refractivity contribution in [2.45, 2.75) is 32.5 Å². The lowest BCUT2D eigenvalue weighted by molar-refractivity contribution is -0.118. The van der Waals surface area contributed by atoms with Crippen molar-refractivity contribution in [3.8, 4) is 5.75 Å². The first-order valence-corrected chi connectivity index (χ1v) is 11.0. The third-order valence-corrected chi connectivity index (χ3v) is 5.78. The van der Waals surface area contributed by atoms with Crippen LogP contribution in [0.5, 0.6) is 5.75 Å². The Labute approximate surface area is 180 Å². The van der Waals surface area contributed by atoms with Crippen LogP contribution in [-0.4, -0.2) is 45.6 Å². The lowest BCUT2D eigenvalue weighted by Gasteiger charge is -2.21. The van der Waals surface area contributed by atoms with Gasteiger partial charge in [-0.15, -0.1) is 0 Å². The molecule has 0 fully saturated rings. The third-order valence-electron chi connectivity index (χ3n) is 4.80. The van der Waals surface area contributed by atoms with Gasteiger partial charge in [-0.25, -0.2) is 10.4 Å². The van der Waals surface area contributed by atoms with E-state index in [2.05, 4.69) is 45.7 Å². The number of aromatic hydroxyl groups is 1. The number of hydrogen-bond acceptors (Lipinski definition) is 6. The number of thioether (sulfide) groups is 1. The highest BCUT2D eigenvalue weighted by Gasteiger charge is 2.11. The zero-order valence-corrected chi connectivity index (χ0v) is 18.3. The molecule has 1 aromatic heterocycles. The number of rotatable bonds is 9. The van der Waals surface area contributed by atoms with Gasteiger partial charge in [0.1, 0.15) is 5.75 Å². The fourth-order valence-electron chi connectivity index (χ4n) is 3.23. The van der Waals surface area contributed by atoms with Crippen LogP contribution in [0.2, 0.25) is 0 Å². The largest absolute Gasteiger partial charge is 0.507 e. The molecule has 2 N–H and O–H groups in total. The maximum atomic E-state index is 12.2. The maximum Gasteiger partial charge on any atom is 0.250 e. The molecule has 0 saturated heterocycles. The fraction of sp³-hybridized carbons (Fsp3) is 0.318. The van der Waals surface area contributed by atoms with Gasteiger partial charge in [0.15, 0.2) is 5.16 Å². The Bertz CT molecular complexity index is 1040. The molecule has 0 aliphatic rings. The normalized spacial score (nSPS) is 11.3. The summed E-state index contributed by atoms with van der Waals surface area (Å²) in [6, 6.07) is 13.4. The van der Waals surface area contributed by atoms with Crippen LogP contribution in [0.25, 0.3) is 11.0 Å². The van der Waals surface area contributed by atoms with Crippen molar-refractivity contribution in [3.05, 3.63) is 48.0 Å². The highest BCUT2D eigenvalue weighted by molar-refractivity contribution is 7.99. The number of phenols is 1. The molecular formula is C22H27N5O2S. The monoisotopic (exact) mass is 425 g/mol. The Hall–Kier alpha value is -3.00. The van der Waals surface area contributed by atoms with Gasteiger partial charge in [0.2, 0.25) is 0 Å². The van der Waals surface area contributed by atoms with E-state index in [4.69, 9.17) is 0 Å². The highest BCUT2D eigenvalue weighted by Crippen LogP contribution is 2.24. The van der Waals surface area contributed by atoms with Gasteiger partial charge in [-0.1, -0.05) is 23.9 Å². The second kappa shape index (κ2) is 10.2. The number of amides is 1. The number of aromatic nitrogens is 2. The molecule has 158 valence electrons. The van der Waals surface area contributed by atoms with Crippen LogP contribution in [0.1, 0.15) is 26.3 Å². The number of hydrogen-bond donors (Lipinski definition) is 2. The van der Waals surface area contributed by atoms with Crippen LogP contribution in [0.15, 0.2) is 52.7 Å². The Morgan fingerprint density at radius 1 is 1.23 bits per heavy atom. The maximum absolute atomic E-state index is 12.2. The van der Waals surface area contributed by atoms with Crippen LogP contribution in [0.4, 0.5) is 5.69 Å². The first-order chi connectivity index (χ1) is 14.6. The van der Waals surface area contributed by atoms with Gasteiger partial charge >= 0.3 is 0 Å². The Kier molecular flexibility index (Phi) is 7.35. The molecule has 1 heterocycles. The molecule has 0 unspecified atom stereocenters. The number of para-hydroxylation sites is 2. The molecule has 3 aromatic rings. The molecule has 2 aromatic carbocycles.